The standard InChI is InChI=1S/C9H9ClN8/c10-9-15-7(6-8(16-9)13-5-12-6)11-1-3-18-4-2-14-17-18/h2,4-5H,1,3H2,(H2,11,12,13,15,16). The molecular formula is C9H9ClN8. The van der Waals surface area contributed by atoms with E-state index in [4.69, 9.17) is 11.6 Å². The molecule has 0 aromatic carbocycles. The van der Waals surface area contributed by atoms with Gasteiger partial charge in [-0.1, -0.05) is 5.21 Å². The van der Waals surface area contributed by atoms with Crippen LogP contribution < -0.4 is 5.32 Å². The number of aromatic nitrogens is 7. The summed E-state index contributed by atoms with van der Waals surface area (Å²) in [6.07, 6.45) is 4.98. The first-order valence-electron chi connectivity index (χ1n) is 5.27. The summed E-state index contributed by atoms with van der Waals surface area (Å²) >= 11 is 5.82. The van der Waals surface area contributed by atoms with E-state index in [0.29, 0.717) is 24.6 Å². The van der Waals surface area contributed by atoms with Gasteiger partial charge in [0, 0.05) is 12.7 Å². The molecule has 0 saturated heterocycles. The van der Waals surface area contributed by atoms with Crippen LogP contribution in [0.5, 0.6) is 0 Å². The summed E-state index contributed by atoms with van der Waals surface area (Å²) in [5.74, 6) is 0.627. The van der Waals surface area contributed by atoms with E-state index in [1.165, 1.54) is 0 Å². The third-order valence-corrected chi connectivity index (χ3v) is 2.53. The molecule has 0 saturated carbocycles. The maximum absolute atomic E-state index is 5.82. The van der Waals surface area contributed by atoms with Gasteiger partial charge in [0.05, 0.1) is 19.1 Å². The van der Waals surface area contributed by atoms with Crippen molar-refractivity contribution in [1.29, 1.82) is 0 Å². The van der Waals surface area contributed by atoms with Crippen LogP contribution in [0, 0.1) is 0 Å². The molecule has 0 atom stereocenters. The minimum Gasteiger partial charge on any atom is -0.366 e. The van der Waals surface area contributed by atoms with Gasteiger partial charge in [-0.15, -0.1) is 5.10 Å². The minimum absolute atomic E-state index is 0.165. The Bertz CT molecular complexity index is 646. The van der Waals surface area contributed by atoms with Gasteiger partial charge in [0.1, 0.15) is 5.52 Å². The Morgan fingerprint density at radius 3 is 3.17 bits per heavy atom. The highest BCUT2D eigenvalue weighted by molar-refractivity contribution is 6.28. The molecule has 18 heavy (non-hydrogen) atoms. The highest BCUT2D eigenvalue weighted by Crippen LogP contribution is 2.18. The van der Waals surface area contributed by atoms with Gasteiger partial charge in [-0.25, -0.2) is 4.98 Å². The van der Waals surface area contributed by atoms with Crippen molar-refractivity contribution in [1.82, 2.24) is 34.9 Å². The lowest BCUT2D eigenvalue weighted by atomic mass is 10.5. The topological polar surface area (TPSA) is 97.2 Å². The van der Waals surface area contributed by atoms with Gasteiger partial charge < -0.3 is 10.3 Å². The van der Waals surface area contributed by atoms with E-state index in [-0.39, 0.29) is 5.28 Å². The summed E-state index contributed by atoms with van der Waals surface area (Å²) in [6, 6.07) is 0. The Balaban J connectivity index is 1.75. The predicted molar refractivity (Wildman–Crippen MR) is 65.2 cm³/mol. The molecule has 0 spiro atoms. The number of nitrogens with zero attached hydrogens (tertiary/aromatic N) is 6. The molecule has 3 aromatic heterocycles. The number of imidazole rings is 1. The number of aromatic amines is 1. The number of H-pyrrole nitrogens is 1. The second kappa shape index (κ2) is 4.57. The first kappa shape index (κ1) is 10.9. The maximum atomic E-state index is 5.82. The van der Waals surface area contributed by atoms with E-state index in [1.807, 2.05) is 0 Å². The van der Waals surface area contributed by atoms with Gasteiger partial charge >= 0.3 is 0 Å². The van der Waals surface area contributed by atoms with Crippen molar-refractivity contribution in [2.45, 2.75) is 6.54 Å². The van der Waals surface area contributed by atoms with Crippen LogP contribution in [-0.2, 0) is 6.54 Å². The van der Waals surface area contributed by atoms with Crippen molar-refractivity contribution >= 4 is 28.6 Å². The summed E-state index contributed by atoms with van der Waals surface area (Å²) in [7, 11) is 0. The highest BCUT2D eigenvalue weighted by Gasteiger charge is 2.08. The van der Waals surface area contributed by atoms with Gasteiger partial charge in [0.2, 0.25) is 5.28 Å². The molecule has 0 amide bonds. The van der Waals surface area contributed by atoms with Gasteiger partial charge in [-0.3, -0.25) is 4.68 Å². The number of anilines is 1. The van der Waals surface area contributed by atoms with E-state index in [1.54, 1.807) is 23.4 Å². The summed E-state index contributed by atoms with van der Waals surface area (Å²) in [5.41, 5.74) is 1.27. The maximum Gasteiger partial charge on any atom is 0.226 e. The Morgan fingerprint density at radius 1 is 1.39 bits per heavy atom. The van der Waals surface area contributed by atoms with Crippen LogP contribution in [0.1, 0.15) is 0 Å². The lowest BCUT2D eigenvalue weighted by molar-refractivity contribution is 0.608. The average Bonchev–Trinajstić information content (AvgIpc) is 2.98. The molecular weight excluding hydrogens is 256 g/mol. The monoisotopic (exact) mass is 264 g/mol. The number of nitrogens with one attached hydrogen (secondary N) is 2. The van der Waals surface area contributed by atoms with E-state index < -0.39 is 0 Å². The first-order valence-corrected chi connectivity index (χ1v) is 5.65. The Kier molecular flexibility index (Phi) is 2.77. The largest absolute Gasteiger partial charge is 0.366 e. The fourth-order valence-corrected chi connectivity index (χ4v) is 1.74. The molecule has 3 rings (SSSR count). The van der Waals surface area contributed by atoms with Crippen LogP contribution in [0.4, 0.5) is 5.82 Å². The third-order valence-electron chi connectivity index (χ3n) is 2.36. The molecule has 0 fully saturated rings. The SMILES string of the molecule is Clc1nc(NCCn2ccnn2)c2[nH]cnc2n1. The zero-order valence-corrected chi connectivity index (χ0v) is 9.96. The second-order valence-electron chi connectivity index (χ2n) is 3.54. The molecule has 0 radical (unpaired) electrons. The molecule has 3 aromatic rings. The number of hydrogen-bond donors (Lipinski definition) is 2. The molecule has 92 valence electrons. The van der Waals surface area contributed by atoms with Crippen LogP contribution in [0.15, 0.2) is 18.7 Å². The summed E-state index contributed by atoms with van der Waals surface area (Å²) < 4.78 is 1.72. The fraction of sp³-hybridized carbons (Fsp3) is 0.222. The van der Waals surface area contributed by atoms with Gasteiger partial charge in [0.25, 0.3) is 0 Å². The molecule has 0 bridgehead atoms. The van der Waals surface area contributed by atoms with E-state index >= 15 is 0 Å². The average molecular weight is 265 g/mol. The molecule has 0 aliphatic rings. The molecule has 0 aliphatic carbocycles. The van der Waals surface area contributed by atoms with Crippen molar-refractivity contribution in [2.24, 2.45) is 0 Å². The predicted octanol–water partition coefficient (Wildman–Crippen LogP) is 0.710. The van der Waals surface area contributed by atoms with Crippen molar-refractivity contribution < 1.29 is 0 Å². The molecule has 3 heterocycles. The minimum atomic E-state index is 0.165. The molecule has 0 aliphatic heterocycles. The summed E-state index contributed by atoms with van der Waals surface area (Å²) in [5, 5.41) is 10.9. The number of hydrogen-bond acceptors (Lipinski definition) is 6. The van der Waals surface area contributed by atoms with Gasteiger partial charge in [0.15, 0.2) is 11.5 Å². The number of halogens is 1. The normalized spacial score (nSPS) is 10.9. The second-order valence-corrected chi connectivity index (χ2v) is 3.87. The van der Waals surface area contributed by atoms with Crippen molar-refractivity contribution in [2.75, 3.05) is 11.9 Å². The number of rotatable bonds is 4. The van der Waals surface area contributed by atoms with Crippen molar-refractivity contribution in [3.8, 4) is 0 Å². The van der Waals surface area contributed by atoms with E-state index in [0.717, 1.165) is 5.52 Å². The Hall–Kier alpha value is -2.22. The van der Waals surface area contributed by atoms with Crippen LogP contribution in [-0.4, -0.2) is 41.5 Å². The van der Waals surface area contributed by atoms with Crippen LogP contribution >= 0.6 is 11.6 Å². The van der Waals surface area contributed by atoms with Crippen molar-refractivity contribution in [3.63, 3.8) is 0 Å². The molecule has 2 N–H and O–H groups in total. The summed E-state index contributed by atoms with van der Waals surface area (Å²) in [6.45, 7) is 1.32. The van der Waals surface area contributed by atoms with Gasteiger partial charge in [-0.05, 0) is 11.6 Å². The van der Waals surface area contributed by atoms with E-state index in [9.17, 15) is 0 Å². The Morgan fingerprint density at radius 2 is 2.33 bits per heavy atom. The fourth-order valence-electron chi connectivity index (χ4n) is 1.58. The molecule has 0 unspecified atom stereocenters. The number of fused-ring (bicyclic) bond motifs is 1. The zero-order chi connectivity index (χ0) is 12.4. The van der Waals surface area contributed by atoms with Crippen LogP contribution in [0.2, 0.25) is 5.28 Å². The van der Waals surface area contributed by atoms with Gasteiger partial charge in [-0.2, -0.15) is 9.97 Å². The third kappa shape index (κ3) is 2.09. The zero-order valence-electron chi connectivity index (χ0n) is 9.21. The van der Waals surface area contributed by atoms with Crippen LogP contribution in [0.25, 0.3) is 11.2 Å². The van der Waals surface area contributed by atoms with E-state index in [2.05, 4.69) is 35.6 Å². The van der Waals surface area contributed by atoms with Crippen molar-refractivity contribution in [3.05, 3.63) is 24.0 Å². The van der Waals surface area contributed by atoms with Crippen LogP contribution in [0.3, 0.4) is 0 Å². The lowest BCUT2D eigenvalue weighted by Gasteiger charge is -2.06. The molecule has 8 nitrogen and oxygen atoms in total. The Labute approximate surface area is 106 Å². The lowest BCUT2D eigenvalue weighted by Crippen LogP contribution is -2.12. The quantitative estimate of drug-likeness (QED) is 0.674. The smallest absolute Gasteiger partial charge is 0.226 e. The molecule has 9 heteroatoms. The first-order chi connectivity index (χ1) is 8.83. The summed E-state index contributed by atoms with van der Waals surface area (Å²) in [4.78, 5) is 15.1. The highest BCUT2D eigenvalue weighted by atomic mass is 35.5.